The lowest BCUT2D eigenvalue weighted by molar-refractivity contribution is -0.135. The van der Waals surface area contributed by atoms with Gasteiger partial charge in [-0.3, -0.25) is 4.79 Å². The van der Waals surface area contributed by atoms with E-state index in [0.717, 1.165) is 11.3 Å². The van der Waals surface area contributed by atoms with Crippen molar-refractivity contribution in [3.63, 3.8) is 0 Å². The summed E-state index contributed by atoms with van der Waals surface area (Å²) in [5, 5.41) is 9.11. The van der Waals surface area contributed by atoms with Crippen molar-refractivity contribution in [2.24, 2.45) is 0 Å². The number of para-hydroxylation sites is 1. The zero-order chi connectivity index (χ0) is 15.2. The molecule has 0 bridgehead atoms. The van der Waals surface area contributed by atoms with Crippen LogP contribution in [0, 0.1) is 5.82 Å². The minimum Gasteiger partial charge on any atom is -0.480 e. The van der Waals surface area contributed by atoms with Crippen LogP contribution in [0.25, 0.3) is 0 Å². The molecule has 0 amide bonds. The summed E-state index contributed by atoms with van der Waals surface area (Å²) in [6, 6.07) is 15.8. The second kappa shape index (κ2) is 6.88. The van der Waals surface area contributed by atoms with Gasteiger partial charge in [-0.15, -0.1) is 0 Å². The molecule has 110 valence electrons. The summed E-state index contributed by atoms with van der Waals surface area (Å²) < 4.78 is 12.9. The fourth-order valence-corrected chi connectivity index (χ4v) is 2.34. The summed E-state index contributed by atoms with van der Waals surface area (Å²) in [4.78, 5) is 12.9. The molecule has 0 radical (unpaired) electrons. The number of hydrogen-bond donors (Lipinski definition) is 1. The molecule has 1 unspecified atom stereocenters. The predicted molar refractivity (Wildman–Crippen MR) is 81.0 cm³/mol. The van der Waals surface area contributed by atoms with Crippen LogP contribution in [0.15, 0.2) is 54.6 Å². The standard InChI is InChI=1S/C17H18FNO2/c1-13(11-14-7-9-15(18)10-8-14)19(12-17(20)21)16-5-3-2-4-6-16/h2-10,13H,11-12H2,1H3,(H,20,21). The van der Waals surface area contributed by atoms with E-state index < -0.39 is 5.97 Å². The number of hydrogen-bond acceptors (Lipinski definition) is 2. The summed E-state index contributed by atoms with van der Waals surface area (Å²) in [6.45, 7) is 1.91. The minimum atomic E-state index is -0.871. The van der Waals surface area contributed by atoms with Crippen LogP contribution in [0.1, 0.15) is 12.5 Å². The molecular formula is C17H18FNO2. The van der Waals surface area contributed by atoms with Crippen molar-refractivity contribution in [2.45, 2.75) is 19.4 Å². The van der Waals surface area contributed by atoms with Crippen molar-refractivity contribution in [1.82, 2.24) is 0 Å². The Morgan fingerprint density at radius 3 is 2.33 bits per heavy atom. The number of aliphatic carboxylic acids is 1. The molecule has 2 aromatic carbocycles. The zero-order valence-corrected chi connectivity index (χ0v) is 11.9. The molecule has 0 aliphatic carbocycles. The Labute approximate surface area is 123 Å². The van der Waals surface area contributed by atoms with E-state index in [1.807, 2.05) is 42.2 Å². The highest BCUT2D eigenvalue weighted by atomic mass is 19.1. The Bertz CT molecular complexity index is 583. The fourth-order valence-electron chi connectivity index (χ4n) is 2.34. The highest BCUT2D eigenvalue weighted by Gasteiger charge is 2.17. The van der Waals surface area contributed by atoms with Crippen molar-refractivity contribution >= 4 is 11.7 Å². The van der Waals surface area contributed by atoms with Crippen LogP contribution in [-0.4, -0.2) is 23.7 Å². The predicted octanol–water partition coefficient (Wildman–Crippen LogP) is 3.35. The fraction of sp³-hybridized carbons (Fsp3) is 0.235. The summed E-state index contributed by atoms with van der Waals surface area (Å²) >= 11 is 0. The van der Waals surface area contributed by atoms with Gasteiger partial charge in [0.15, 0.2) is 0 Å². The lowest BCUT2D eigenvalue weighted by atomic mass is 10.0. The second-order valence-corrected chi connectivity index (χ2v) is 5.04. The van der Waals surface area contributed by atoms with Crippen molar-refractivity contribution < 1.29 is 14.3 Å². The van der Waals surface area contributed by atoms with Gasteiger partial charge in [0.2, 0.25) is 0 Å². The first kappa shape index (κ1) is 15.0. The lowest BCUT2D eigenvalue weighted by Gasteiger charge is -2.30. The van der Waals surface area contributed by atoms with E-state index in [9.17, 15) is 9.18 Å². The normalized spacial score (nSPS) is 11.9. The van der Waals surface area contributed by atoms with E-state index in [0.29, 0.717) is 6.42 Å². The number of carboxylic acids is 1. The van der Waals surface area contributed by atoms with Crippen LogP contribution in [0.5, 0.6) is 0 Å². The Morgan fingerprint density at radius 2 is 1.76 bits per heavy atom. The molecule has 0 aromatic heterocycles. The summed E-state index contributed by atoms with van der Waals surface area (Å²) in [6.07, 6.45) is 0.655. The SMILES string of the molecule is CC(Cc1ccc(F)cc1)N(CC(=O)O)c1ccccc1. The van der Waals surface area contributed by atoms with E-state index in [-0.39, 0.29) is 18.4 Å². The largest absolute Gasteiger partial charge is 0.480 e. The van der Waals surface area contributed by atoms with Gasteiger partial charge in [0.1, 0.15) is 12.4 Å². The first-order valence-corrected chi connectivity index (χ1v) is 6.84. The molecule has 2 rings (SSSR count). The van der Waals surface area contributed by atoms with Gasteiger partial charge in [0, 0.05) is 11.7 Å². The van der Waals surface area contributed by atoms with Crippen molar-refractivity contribution in [3.05, 3.63) is 66.0 Å². The number of rotatable bonds is 6. The molecule has 0 spiro atoms. The van der Waals surface area contributed by atoms with Crippen LogP contribution in [0.2, 0.25) is 0 Å². The van der Waals surface area contributed by atoms with Gasteiger partial charge in [-0.1, -0.05) is 30.3 Å². The summed E-state index contributed by atoms with van der Waals surface area (Å²) in [7, 11) is 0. The van der Waals surface area contributed by atoms with E-state index in [1.165, 1.54) is 12.1 Å². The van der Waals surface area contributed by atoms with Crippen molar-refractivity contribution in [3.8, 4) is 0 Å². The van der Waals surface area contributed by atoms with Crippen LogP contribution < -0.4 is 4.90 Å². The van der Waals surface area contributed by atoms with Gasteiger partial charge < -0.3 is 10.0 Å². The smallest absolute Gasteiger partial charge is 0.323 e. The van der Waals surface area contributed by atoms with E-state index >= 15 is 0 Å². The van der Waals surface area contributed by atoms with Crippen molar-refractivity contribution in [1.29, 1.82) is 0 Å². The monoisotopic (exact) mass is 287 g/mol. The van der Waals surface area contributed by atoms with Gasteiger partial charge in [0.05, 0.1) is 0 Å². The summed E-state index contributed by atoms with van der Waals surface area (Å²) in [5.41, 5.74) is 1.85. The Kier molecular flexibility index (Phi) is 4.93. The van der Waals surface area contributed by atoms with E-state index in [4.69, 9.17) is 5.11 Å². The maximum Gasteiger partial charge on any atom is 0.323 e. The average Bonchev–Trinajstić information content (AvgIpc) is 2.48. The topological polar surface area (TPSA) is 40.5 Å². The maximum atomic E-state index is 12.9. The van der Waals surface area contributed by atoms with Gasteiger partial charge in [-0.25, -0.2) is 4.39 Å². The van der Waals surface area contributed by atoms with Crippen LogP contribution >= 0.6 is 0 Å². The molecule has 0 aliphatic heterocycles. The summed E-state index contributed by atoms with van der Waals surface area (Å²) in [5.74, 6) is -1.14. The number of anilines is 1. The molecule has 21 heavy (non-hydrogen) atoms. The van der Waals surface area contributed by atoms with E-state index in [2.05, 4.69) is 0 Å². The first-order valence-electron chi connectivity index (χ1n) is 6.84. The van der Waals surface area contributed by atoms with Crippen LogP contribution in [-0.2, 0) is 11.2 Å². The van der Waals surface area contributed by atoms with E-state index in [1.54, 1.807) is 12.1 Å². The molecule has 4 heteroatoms. The molecule has 0 heterocycles. The second-order valence-electron chi connectivity index (χ2n) is 5.04. The zero-order valence-electron chi connectivity index (χ0n) is 11.9. The number of carboxylic acid groups (broad SMARTS) is 1. The number of halogens is 1. The first-order chi connectivity index (χ1) is 10.1. The Hall–Kier alpha value is -2.36. The quantitative estimate of drug-likeness (QED) is 0.885. The highest BCUT2D eigenvalue weighted by molar-refractivity contribution is 5.74. The van der Waals surface area contributed by atoms with Gasteiger partial charge in [-0.2, -0.15) is 0 Å². The molecule has 1 N–H and O–H groups in total. The molecule has 3 nitrogen and oxygen atoms in total. The third-order valence-corrected chi connectivity index (χ3v) is 3.37. The minimum absolute atomic E-state index is 0.00559. The molecule has 2 aromatic rings. The van der Waals surface area contributed by atoms with Gasteiger partial charge in [0.25, 0.3) is 0 Å². The van der Waals surface area contributed by atoms with Crippen LogP contribution in [0.3, 0.4) is 0 Å². The Balaban J connectivity index is 2.16. The van der Waals surface area contributed by atoms with Gasteiger partial charge in [-0.05, 0) is 43.2 Å². The molecule has 1 atom stereocenters. The van der Waals surface area contributed by atoms with Crippen LogP contribution in [0.4, 0.5) is 10.1 Å². The number of carbonyl (C=O) groups is 1. The number of nitrogens with zero attached hydrogens (tertiary/aromatic N) is 1. The lowest BCUT2D eigenvalue weighted by Crippen LogP contribution is -2.38. The third-order valence-electron chi connectivity index (χ3n) is 3.37. The highest BCUT2D eigenvalue weighted by Crippen LogP contribution is 2.19. The molecule has 0 saturated carbocycles. The number of benzene rings is 2. The third kappa shape index (κ3) is 4.31. The molecule has 0 saturated heterocycles. The molecular weight excluding hydrogens is 269 g/mol. The Morgan fingerprint density at radius 1 is 1.14 bits per heavy atom. The molecule has 0 aliphatic rings. The van der Waals surface area contributed by atoms with Crippen molar-refractivity contribution in [2.75, 3.05) is 11.4 Å². The van der Waals surface area contributed by atoms with Gasteiger partial charge >= 0.3 is 5.97 Å². The average molecular weight is 287 g/mol. The maximum absolute atomic E-state index is 12.9. The molecule has 0 fully saturated rings.